The van der Waals surface area contributed by atoms with E-state index in [2.05, 4.69) is 0 Å². The number of ether oxygens (including phenoxy) is 11. The molecule has 0 atom stereocenters. The standard InChI is InChI=1S/C22H46O7.C13H28O4.20CH4/c1-7-23-13-21(14-24-8-2,15-25-9-3)19-29-20-22(16-26-10-4,17-27-11-5)18-28-12-6;1-5-14-9-13(10-15-6-2,11-16-7-3)12-17-8-4;;;;;;;;;;;;;;;;;;;;/h7-20H2,1-6H3;5-12H2,1-4H3;20*1H4. The maximum absolute atomic E-state index is 6.27. The molecule has 0 heterocycles. The van der Waals surface area contributed by atoms with Crippen LogP contribution < -0.4 is 0 Å². The molecule has 0 aromatic carbocycles. The quantitative estimate of drug-likeness (QED) is 0.0616. The molecule has 0 saturated carbocycles. The van der Waals surface area contributed by atoms with Gasteiger partial charge in [0.25, 0.3) is 0 Å². The maximum Gasteiger partial charge on any atom is 0.0637 e. The first-order chi connectivity index (χ1) is 22.3. The first kappa shape index (κ1) is 144. The van der Waals surface area contributed by atoms with Crippen LogP contribution in [0.5, 0.6) is 0 Å². The average Bonchev–Trinajstić information content (AvgIpc) is 3.08. The second kappa shape index (κ2) is 102. The first-order valence-corrected chi connectivity index (χ1v) is 17.7. The average molecular weight is 992 g/mol. The minimum absolute atomic E-state index is 0. The summed E-state index contributed by atoms with van der Waals surface area (Å²) in [7, 11) is 0. The molecule has 0 bridgehead atoms. The molecule has 0 amide bonds. The summed E-state index contributed by atoms with van der Waals surface area (Å²) in [6.07, 6.45) is 0. The maximum atomic E-state index is 6.27. The van der Waals surface area contributed by atoms with Crippen LogP contribution in [0.1, 0.15) is 218 Å². The van der Waals surface area contributed by atoms with Gasteiger partial charge in [0.15, 0.2) is 0 Å². The Kier molecular flexibility index (Phi) is 223. The molecule has 440 valence electrons. The van der Waals surface area contributed by atoms with Gasteiger partial charge in [0.05, 0.1) is 95.5 Å². The van der Waals surface area contributed by atoms with Gasteiger partial charge in [0.2, 0.25) is 0 Å². The van der Waals surface area contributed by atoms with E-state index in [1.165, 1.54) is 0 Å². The van der Waals surface area contributed by atoms with E-state index >= 15 is 0 Å². The van der Waals surface area contributed by atoms with Crippen molar-refractivity contribution in [3.8, 4) is 0 Å². The lowest BCUT2D eigenvalue weighted by Gasteiger charge is -2.36. The van der Waals surface area contributed by atoms with Crippen molar-refractivity contribution >= 4 is 0 Å². The predicted molar refractivity (Wildman–Crippen MR) is 318 cm³/mol. The number of rotatable bonds is 34. The van der Waals surface area contributed by atoms with Gasteiger partial charge in [-0.2, -0.15) is 0 Å². The zero-order valence-corrected chi connectivity index (χ0v) is 31.5. The topological polar surface area (TPSA) is 102 Å². The van der Waals surface area contributed by atoms with Crippen LogP contribution in [0, 0.1) is 16.2 Å². The molecule has 0 radical (unpaired) electrons. The van der Waals surface area contributed by atoms with Gasteiger partial charge in [-0.1, -0.05) is 149 Å². The molecule has 0 N–H and O–H groups in total. The van der Waals surface area contributed by atoms with Gasteiger partial charge in [-0.25, -0.2) is 0 Å². The Morgan fingerprint density at radius 1 is 0.152 bits per heavy atom. The molecule has 11 nitrogen and oxygen atoms in total. The molecular weight excluding hydrogens is 837 g/mol. The Bertz CT molecular complexity index is 502. The van der Waals surface area contributed by atoms with Crippen LogP contribution >= 0.6 is 0 Å². The normalized spacial score (nSPS) is 8.64. The van der Waals surface area contributed by atoms with Crippen LogP contribution in [0.2, 0.25) is 0 Å². The Morgan fingerprint density at radius 2 is 0.227 bits per heavy atom. The number of hydrogen-bond acceptors (Lipinski definition) is 11. The van der Waals surface area contributed by atoms with Crippen LogP contribution in [0.4, 0.5) is 0 Å². The van der Waals surface area contributed by atoms with E-state index in [0.717, 1.165) is 0 Å². The highest BCUT2D eigenvalue weighted by Crippen LogP contribution is 2.25. The largest absolute Gasteiger partial charge is 0.381 e. The van der Waals surface area contributed by atoms with Gasteiger partial charge in [-0.15, -0.1) is 0 Å². The van der Waals surface area contributed by atoms with E-state index in [0.29, 0.717) is 145 Å². The fourth-order valence-electron chi connectivity index (χ4n) is 4.42. The Balaban J connectivity index is -0.0000000238. The molecule has 0 spiro atoms. The van der Waals surface area contributed by atoms with Crippen molar-refractivity contribution in [3.05, 3.63) is 0 Å². The van der Waals surface area contributed by atoms with Gasteiger partial charge in [-0.3, -0.25) is 0 Å². The SMILES string of the molecule is C.C.C.C.C.C.C.C.C.C.C.C.C.C.C.C.C.C.C.C.CCOCC(COCC)(COCC)COCC.CCOCC(COCC)(COCC)COCC(COCC)(COCC)COCC. The summed E-state index contributed by atoms with van der Waals surface area (Å²) < 4.78 is 63.0. The van der Waals surface area contributed by atoms with Crippen LogP contribution in [-0.2, 0) is 52.1 Å². The second-order valence-electron chi connectivity index (χ2n) is 11.4. The van der Waals surface area contributed by atoms with Crippen molar-refractivity contribution in [2.45, 2.75) is 218 Å². The molecule has 11 heteroatoms. The smallest absolute Gasteiger partial charge is 0.0637 e. The summed E-state index contributed by atoms with van der Waals surface area (Å²) in [6, 6.07) is 0. The monoisotopic (exact) mass is 991 g/mol. The summed E-state index contributed by atoms with van der Waals surface area (Å²) >= 11 is 0. The molecule has 0 saturated heterocycles. The zero-order chi connectivity index (χ0) is 34.8. The highest BCUT2D eigenvalue weighted by molar-refractivity contribution is 4.83. The van der Waals surface area contributed by atoms with Crippen LogP contribution in [-0.4, -0.2) is 145 Å². The molecule has 0 rings (SSSR count). The van der Waals surface area contributed by atoms with E-state index in [1.807, 2.05) is 69.2 Å². The lowest BCUT2D eigenvalue weighted by atomic mass is 9.90. The van der Waals surface area contributed by atoms with E-state index in [1.54, 1.807) is 0 Å². The van der Waals surface area contributed by atoms with Crippen molar-refractivity contribution < 1.29 is 52.1 Å². The highest BCUT2D eigenvalue weighted by atomic mass is 16.5. The summed E-state index contributed by atoms with van der Waals surface area (Å²) in [4.78, 5) is 0. The molecule has 0 fully saturated rings. The molecule has 0 aliphatic rings. The van der Waals surface area contributed by atoms with Gasteiger partial charge in [-0.05, 0) is 69.2 Å². The zero-order valence-electron chi connectivity index (χ0n) is 31.5. The first-order valence-electron chi connectivity index (χ1n) is 17.7. The molecule has 0 aromatic rings. The summed E-state index contributed by atoms with van der Waals surface area (Å²) in [5, 5.41) is 0. The third-order valence-electron chi connectivity index (χ3n) is 6.94. The van der Waals surface area contributed by atoms with Gasteiger partial charge >= 0.3 is 0 Å². The van der Waals surface area contributed by atoms with E-state index in [9.17, 15) is 0 Å². The summed E-state index contributed by atoms with van der Waals surface area (Å²) in [5.74, 6) is 0. The minimum Gasteiger partial charge on any atom is -0.381 e. The highest BCUT2D eigenvalue weighted by Gasteiger charge is 2.36. The van der Waals surface area contributed by atoms with Crippen LogP contribution in [0.25, 0.3) is 0 Å². The Labute approximate surface area is 430 Å². The van der Waals surface area contributed by atoms with E-state index < -0.39 is 0 Å². The van der Waals surface area contributed by atoms with Crippen molar-refractivity contribution in [2.75, 3.05) is 145 Å². The lowest BCUT2D eigenvalue weighted by Crippen LogP contribution is -2.46. The molecule has 0 aromatic heterocycles. The molecule has 0 aliphatic heterocycles. The summed E-state index contributed by atoms with van der Waals surface area (Å²) in [6.45, 7) is 33.1. The summed E-state index contributed by atoms with van der Waals surface area (Å²) in [5.41, 5.74) is -0.884. The Morgan fingerprint density at radius 3 is 0.303 bits per heavy atom. The van der Waals surface area contributed by atoms with Gasteiger partial charge in [0, 0.05) is 66.1 Å². The van der Waals surface area contributed by atoms with Crippen LogP contribution in [0.3, 0.4) is 0 Å². The van der Waals surface area contributed by atoms with Crippen molar-refractivity contribution in [2.24, 2.45) is 16.2 Å². The van der Waals surface area contributed by atoms with Gasteiger partial charge in [0.1, 0.15) is 0 Å². The third-order valence-corrected chi connectivity index (χ3v) is 6.94. The van der Waals surface area contributed by atoms with Crippen molar-refractivity contribution in [3.63, 3.8) is 0 Å². The van der Waals surface area contributed by atoms with E-state index in [-0.39, 0.29) is 165 Å². The minimum atomic E-state index is -0.351. The van der Waals surface area contributed by atoms with Crippen molar-refractivity contribution in [1.29, 1.82) is 0 Å². The molecular formula is C55H154O11. The third kappa shape index (κ3) is 75.1. The Hall–Kier alpha value is -0.440. The van der Waals surface area contributed by atoms with Crippen LogP contribution in [0.15, 0.2) is 0 Å². The number of hydrogen-bond donors (Lipinski definition) is 0. The fraction of sp³-hybridized carbons (Fsp3) is 1.00. The predicted octanol–water partition coefficient (Wildman–Crippen LogP) is 18.0. The fourth-order valence-corrected chi connectivity index (χ4v) is 4.42. The molecule has 66 heavy (non-hydrogen) atoms. The lowest BCUT2D eigenvalue weighted by molar-refractivity contribution is -0.139. The van der Waals surface area contributed by atoms with Gasteiger partial charge < -0.3 is 52.1 Å². The van der Waals surface area contributed by atoms with Crippen molar-refractivity contribution in [1.82, 2.24) is 0 Å². The van der Waals surface area contributed by atoms with E-state index in [4.69, 9.17) is 52.1 Å². The molecule has 0 unspecified atom stereocenters. The molecule has 0 aliphatic carbocycles. The second-order valence-corrected chi connectivity index (χ2v) is 11.4.